The summed E-state index contributed by atoms with van der Waals surface area (Å²) in [7, 11) is 0. The molecule has 2 aliphatic heterocycles. The van der Waals surface area contributed by atoms with E-state index in [0.717, 1.165) is 74.8 Å². The fourth-order valence-corrected chi connectivity index (χ4v) is 5.69. The summed E-state index contributed by atoms with van der Waals surface area (Å²) in [5.74, 6) is -0.181. The minimum Gasteiger partial charge on any atom is -0.385 e. The van der Waals surface area contributed by atoms with E-state index >= 15 is 0 Å². The molecule has 12 heteroatoms. The van der Waals surface area contributed by atoms with Crippen molar-refractivity contribution in [3.05, 3.63) is 84.8 Å². The van der Waals surface area contributed by atoms with Gasteiger partial charge in [0.15, 0.2) is 5.82 Å². The summed E-state index contributed by atoms with van der Waals surface area (Å²) in [4.78, 5) is 24.3. The van der Waals surface area contributed by atoms with Crippen molar-refractivity contribution in [1.82, 2.24) is 9.97 Å². The molecule has 0 spiro atoms. The van der Waals surface area contributed by atoms with E-state index in [4.69, 9.17) is 9.47 Å². The van der Waals surface area contributed by atoms with Crippen LogP contribution in [0, 0.1) is 5.82 Å². The maximum atomic E-state index is 14.3. The number of benzene rings is 3. The number of anilines is 6. The molecule has 3 aromatic carbocycles. The van der Waals surface area contributed by atoms with Gasteiger partial charge >= 0.3 is 0 Å². The van der Waals surface area contributed by atoms with Gasteiger partial charge in [-0.3, -0.25) is 4.79 Å². The Morgan fingerprint density at radius 2 is 1.36 bits per heavy atom. The number of carbonyl (C=O) groups excluding carboxylic acids is 1. The minimum absolute atomic E-state index is 0.216. The third-order valence-corrected chi connectivity index (χ3v) is 8.27. The smallest absolute Gasteiger partial charge is 0.228 e. The predicted molar refractivity (Wildman–Crippen MR) is 206 cm³/mol. The van der Waals surface area contributed by atoms with E-state index in [1.807, 2.05) is 52.0 Å². The molecule has 0 radical (unpaired) electrons. The van der Waals surface area contributed by atoms with Gasteiger partial charge in [0, 0.05) is 66.1 Å². The number of aromatic nitrogens is 2. The van der Waals surface area contributed by atoms with E-state index in [-0.39, 0.29) is 5.03 Å². The van der Waals surface area contributed by atoms with Gasteiger partial charge in [0.2, 0.25) is 12.4 Å². The average molecular weight is 706 g/mol. The van der Waals surface area contributed by atoms with Gasteiger partial charge in [-0.15, -0.1) is 0 Å². The number of hydrogen-bond acceptors (Lipinski definition) is 10. The lowest BCUT2D eigenvalue weighted by molar-refractivity contribution is -0.105. The minimum atomic E-state index is -0.497. The first kappa shape index (κ1) is 40.0. The van der Waals surface area contributed by atoms with Crippen LogP contribution in [0.4, 0.5) is 38.8 Å². The molecule has 6 rings (SSSR count). The van der Waals surface area contributed by atoms with E-state index in [1.54, 1.807) is 24.3 Å². The Hall–Kier alpha value is -4.39. The third kappa shape index (κ3) is 13.1. The van der Waals surface area contributed by atoms with Crippen LogP contribution in [0.15, 0.2) is 88.9 Å². The summed E-state index contributed by atoms with van der Waals surface area (Å²) >= 11 is 1.19. The lowest BCUT2D eigenvalue weighted by Crippen LogP contribution is -2.36. The van der Waals surface area contributed by atoms with Crippen molar-refractivity contribution in [2.45, 2.75) is 51.0 Å². The van der Waals surface area contributed by atoms with Crippen LogP contribution in [0.25, 0.3) is 0 Å². The van der Waals surface area contributed by atoms with Crippen LogP contribution < -0.4 is 25.8 Å². The van der Waals surface area contributed by atoms with Gasteiger partial charge in [-0.25, -0.2) is 14.4 Å². The van der Waals surface area contributed by atoms with E-state index < -0.39 is 5.82 Å². The highest BCUT2D eigenvalue weighted by molar-refractivity contribution is 7.99. The van der Waals surface area contributed by atoms with Crippen LogP contribution >= 0.6 is 11.8 Å². The monoisotopic (exact) mass is 705 g/mol. The summed E-state index contributed by atoms with van der Waals surface area (Å²) in [5.41, 5.74) is 5.09. The molecule has 270 valence electrons. The number of rotatable bonds is 11. The van der Waals surface area contributed by atoms with Gasteiger partial charge in [-0.2, -0.15) is 0 Å². The molecule has 4 aromatic rings. The van der Waals surface area contributed by atoms with Gasteiger partial charge in [0.25, 0.3) is 0 Å². The van der Waals surface area contributed by atoms with Crippen molar-refractivity contribution in [1.29, 1.82) is 0 Å². The molecule has 2 saturated heterocycles. The van der Waals surface area contributed by atoms with Crippen molar-refractivity contribution in [3.8, 4) is 0 Å². The normalized spacial score (nSPS) is 13.6. The molecule has 2 aliphatic rings. The first-order valence-electron chi connectivity index (χ1n) is 17.5. The van der Waals surface area contributed by atoms with Crippen LogP contribution in [0.3, 0.4) is 0 Å². The van der Waals surface area contributed by atoms with E-state index in [0.29, 0.717) is 31.3 Å². The molecular weight excluding hydrogens is 654 g/mol. The molecule has 3 heterocycles. The zero-order chi connectivity index (χ0) is 36.0. The summed E-state index contributed by atoms with van der Waals surface area (Å²) in [6, 6.07) is 23.6. The van der Waals surface area contributed by atoms with Crippen molar-refractivity contribution in [3.63, 3.8) is 0 Å². The first-order valence-corrected chi connectivity index (χ1v) is 18.3. The van der Waals surface area contributed by atoms with Crippen molar-refractivity contribution in [2.75, 3.05) is 84.9 Å². The topological polar surface area (TPSA) is 104 Å². The standard InChI is InChI=1S/C21H20FN5O2S.C13H20N2O.2C2H6/c22-19-13-23-21(26-20(19)30-18-6-4-15(5-7-18)24-14-28)25-16-2-1-3-17(12-16)27-8-10-29-11-9-27;1-2-6-14-12-4-3-5-13(11-12)15-7-9-16-10-8-15;2*1-2/h1-7,12-14H,8-11H2,(H,24,28)(H,23,25,26);3-5,11,14H,2,6-10H2,1H3;2*1-2H3. The second-order valence-electron chi connectivity index (χ2n) is 10.6. The number of carbonyl (C=O) groups is 1. The molecule has 0 atom stereocenters. The van der Waals surface area contributed by atoms with Crippen molar-refractivity contribution >= 4 is 52.6 Å². The van der Waals surface area contributed by atoms with Crippen LogP contribution in [0.2, 0.25) is 0 Å². The van der Waals surface area contributed by atoms with Gasteiger partial charge in [0.1, 0.15) is 5.03 Å². The molecule has 50 heavy (non-hydrogen) atoms. The van der Waals surface area contributed by atoms with Gasteiger partial charge in [-0.05, 0) is 67.1 Å². The van der Waals surface area contributed by atoms with Crippen LogP contribution in [0.1, 0.15) is 41.0 Å². The highest BCUT2D eigenvalue weighted by atomic mass is 32.2. The zero-order valence-electron chi connectivity index (χ0n) is 30.0. The molecule has 3 N–H and O–H groups in total. The molecule has 0 bridgehead atoms. The summed E-state index contributed by atoms with van der Waals surface area (Å²) in [6.45, 7) is 18.0. The number of ether oxygens (including phenoxy) is 2. The number of nitrogens with one attached hydrogen (secondary N) is 3. The van der Waals surface area contributed by atoms with E-state index in [2.05, 4.69) is 66.9 Å². The largest absolute Gasteiger partial charge is 0.385 e. The molecule has 10 nitrogen and oxygen atoms in total. The van der Waals surface area contributed by atoms with E-state index in [1.165, 1.54) is 23.1 Å². The van der Waals surface area contributed by atoms with Crippen LogP contribution in [-0.4, -0.2) is 75.5 Å². The second kappa shape index (κ2) is 23.1. The number of amides is 1. The Balaban J connectivity index is 0.000000285. The second-order valence-corrected chi connectivity index (χ2v) is 11.6. The highest BCUT2D eigenvalue weighted by Crippen LogP contribution is 2.30. The summed E-state index contributed by atoms with van der Waals surface area (Å²) in [5, 5.41) is 9.35. The summed E-state index contributed by atoms with van der Waals surface area (Å²) < 4.78 is 25.0. The molecular formula is C38H52FN7O3S. The fraction of sp³-hybridized carbons (Fsp3) is 0.395. The lowest BCUT2D eigenvalue weighted by Gasteiger charge is -2.29. The molecule has 0 unspecified atom stereocenters. The number of morpholine rings is 2. The van der Waals surface area contributed by atoms with Crippen LogP contribution in [0.5, 0.6) is 0 Å². The maximum Gasteiger partial charge on any atom is 0.228 e. The fourth-order valence-electron chi connectivity index (χ4n) is 4.92. The lowest BCUT2D eigenvalue weighted by atomic mass is 10.2. The van der Waals surface area contributed by atoms with Gasteiger partial charge < -0.3 is 35.2 Å². The molecule has 1 amide bonds. The van der Waals surface area contributed by atoms with Gasteiger partial charge in [0.05, 0.1) is 32.6 Å². The quantitative estimate of drug-likeness (QED) is 0.104. The Labute approximate surface area is 301 Å². The zero-order valence-corrected chi connectivity index (χ0v) is 30.8. The average Bonchev–Trinajstić information content (AvgIpc) is 3.19. The van der Waals surface area contributed by atoms with Gasteiger partial charge in [-0.1, -0.05) is 58.5 Å². The Morgan fingerprint density at radius 3 is 1.92 bits per heavy atom. The highest BCUT2D eigenvalue weighted by Gasteiger charge is 2.14. The van der Waals surface area contributed by atoms with Crippen molar-refractivity contribution in [2.24, 2.45) is 0 Å². The molecule has 1 aromatic heterocycles. The van der Waals surface area contributed by atoms with E-state index in [9.17, 15) is 9.18 Å². The maximum absolute atomic E-state index is 14.3. The van der Waals surface area contributed by atoms with Crippen molar-refractivity contribution < 1.29 is 18.7 Å². The number of hydrogen-bond donors (Lipinski definition) is 3. The predicted octanol–water partition coefficient (Wildman–Crippen LogP) is 8.31. The summed E-state index contributed by atoms with van der Waals surface area (Å²) in [6.07, 6.45) is 2.92. The molecule has 0 saturated carbocycles. The van der Waals surface area contributed by atoms with Crippen LogP contribution in [-0.2, 0) is 14.3 Å². The number of halogens is 1. The Morgan fingerprint density at radius 1 is 0.800 bits per heavy atom. The molecule has 2 fully saturated rings. The third-order valence-electron chi connectivity index (χ3n) is 7.29. The number of nitrogens with zero attached hydrogens (tertiary/aromatic N) is 4. The first-order chi connectivity index (χ1) is 24.6. The Bertz CT molecular complexity index is 1540. The Kier molecular flexibility index (Phi) is 18.5. The molecule has 0 aliphatic carbocycles. The SMILES string of the molecule is CC.CC.CCCNc1cccc(N2CCOCC2)c1.O=CNc1ccc(Sc2nc(Nc3cccc(N4CCOCC4)c3)ncc2F)cc1.